The minimum absolute atomic E-state index is 0.00988. The van der Waals surface area contributed by atoms with Gasteiger partial charge in [0, 0.05) is 32.6 Å². The van der Waals surface area contributed by atoms with Crippen molar-refractivity contribution in [1.82, 2.24) is 5.32 Å². The summed E-state index contributed by atoms with van der Waals surface area (Å²) in [6.45, 7) is 1.44. The number of amides is 4. The molecule has 1 fully saturated rings. The fraction of sp³-hybridized carbons (Fsp3) is 0.0882. The minimum Gasteiger partial charge on any atom is -0.321 e. The maximum absolute atomic E-state index is 13.4. The number of Topliss-reactive ketones (excluding diaryl/α,β-unsaturated/α-hetero) is 1. The maximum atomic E-state index is 13.4. The Bertz CT molecular complexity index is 1830. The highest BCUT2D eigenvalue weighted by atomic mass is 79.9. The Labute approximate surface area is 270 Å². The molecule has 4 aromatic rings. The predicted octanol–water partition coefficient (Wildman–Crippen LogP) is 6.62. The van der Waals surface area contributed by atoms with Gasteiger partial charge < -0.3 is 10.6 Å². The number of imide groups is 1. The fourth-order valence-corrected chi connectivity index (χ4v) is 5.88. The van der Waals surface area contributed by atoms with Crippen LogP contribution in [0.5, 0.6) is 0 Å². The molecule has 5 rings (SSSR count). The van der Waals surface area contributed by atoms with E-state index in [1.165, 1.54) is 36.9 Å². The van der Waals surface area contributed by atoms with Crippen LogP contribution >= 0.6 is 27.7 Å². The second kappa shape index (κ2) is 13.8. The first-order valence-corrected chi connectivity index (χ1v) is 15.3. The third-order valence-electron chi connectivity index (χ3n) is 6.79. The first kappa shape index (κ1) is 31.6. The molecular formula is C34H25BrFN3O5S. The van der Waals surface area contributed by atoms with Gasteiger partial charge in [0.1, 0.15) is 11.5 Å². The number of halogens is 2. The van der Waals surface area contributed by atoms with Crippen molar-refractivity contribution in [2.75, 3.05) is 10.2 Å². The maximum Gasteiger partial charge on any atom is 0.272 e. The van der Waals surface area contributed by atoms with Gasteiger partial charge in [0.2, 0.25) is 11.8 Å². The Kier molecular flexibility index (Phi) is 9.70. The van der Waals surface area contributed by atoms with Gasteiger partial charge in [-0.3, -0.25) is 24.0 Å². The molecule has 1 saturated heterocycles. The van der Waals surface area contributed by atoms with Gasteiger partial charge in [-0.25, -0.2) is 9.29 Å². The number of nitrogens with zero attached hydrogens (tertiary/aromatic N) is 1. The van der Waals surface area contributed by atoms with Gasteiger partial charge in [0.25, 0.3) is 11.8 Å². The third kappa shape index (κ3) is 7.81. The lowest BCUT2D eigenvalue weighted by Gasteiger charge is -2.15. The minimum atomic E-state index is -0.682. The molecular weight excluding hydrogens is 661 g/mol. The van der Waals surface area contributed by atoms with E-state index in [4.69, 9.17) is 0 Å². The zero-order chi connectivity index (χ0) is 32.1. The van der Waals surface area contributed by atoms with E-state index < -0.39 is 22.9 Å². The molecule has 45 heavy (non-hydrogen) atoms. The molecule has 4 aromatic carbocycles. The first-order chi connectivity index (χ1) is 21.6. The van der Waals surface area contributed by atoms with Crippen molar-refractivity contribution in [1.29, 1.82) is 0 Å². The topological polar surface area (TPSA) is 113 Å². The number of carbonyl (C=O) groups excluding carboxylic acids is 5. The van der Waals surface area contributed by atoms with E-state index in [1.54, 1.807) is 72.8 Å². The second-order valence-electron chi connectivity index (χ2n) is 10.0. The molecule has 1 atom stereocenters. The molecule has 0 bridgehead atoms. The summed E-state index contributed by atoms with van der Waals surface area (Å²) in [6.07, 6.45) is 1.51. The average molecular weight is 687 g/mol. The van der Waals surface area contributed by atoms with Crippen LogP contribution < -0.4 is 15.5 Å². The number of rotatable bonds is 9. The highest BCUT2D eigenvalue weighted by Crippen LogP contribution is 2.35. The SMILES string of the molecule is CC(=O)c1ccc(N2C(=O)C[C@@H](Sc3cccc(NC(=O)/C(=C/c4ccc(Br)cc4)NC(=O)c4ccc(F)cc4)c3)C2=O)cc1. The summed E-state index contributed by atoms with van der Waals surface area (Å²) in [5.41, 5.74) is 2.05. The molecule has 0 aromatic heterocycles. The highest BCUT2D eigenvalue weighted by molar-refractivity contribution is 9.10. The smallest absolute Gasteiger partial charge is 0.272 e. The van der Waals surface area contributed by atoms with Crippen molar-refractivity contribution >= 4 is 74.6 Å². The lowest BCUT2D eigenvalue weighted by molar-refractivity contribution is -0.121. The van der Waals surface area contributed by atoms with Crippen LogP contribution in [0.4, 0.5) is 15.8 Å². The summed E-state index contributed by atoms with van der Waals surface area (Å²) in [5.74, 6) is -2.54. The molecule has 11 heteroatoms. The summed E-state index contributed by atoms with van der Waals surface area (Å²) in [4.78, 5) is 65.7. The van der Waals surface area contributed by atoms with Crippen molar-refractivity contribution in [2.45, 2.75) is 23.5 Å². The molecule has 0 saturated carbocycles. The van der Waals surface area contributed by atoms with E-state index in [0.717, 1.165) is 21.5 Å². The second-order valence-corrected chi connectivity index (χ2v) is 12.2. The molecule has 2 N–H and O–H groups in total. The van der Waals surface area contributed by atoms with Crippen LogP contribution in [0.25, 0.3) is 6.08 Å². The largest absolute Gasteiger partial charge is 0.321 e. The number of thioether (sulfide) groups is 1. The van der Waals surface area contributed by atoms with Gasteiger partial charge in [-0.1, -0.05) is 34.1 Å². The number of nitrogens with one attached hydrogen (secondary N) is 2. The zero-order valence-electron chi connectivity index (χ0n) is 23.8. The van der Waals surface area contributed by atoms with Crippen LogP contribution in [0.2, 0.25) is 0 Å². The number of benzene rings is 4. The lowest BCUT2D eigenvalue weighted by Crippen LogP contribution is -2.31. The third-order valence-corrected chi connectivity index (χ3v) is 8.50. The molecule has 226 valence electrons. The Balaban J connectivity index is 1.31. The van der Waals surface area contributed by atoms with E-state index in [2.05, 4.69) is 26.6 Å². The molecule has 0 unspecified atom stereocenters. The van der Waals surface area contributed by atoms with Gasteiger partial charge in [-0.05, 0) is 97.4 Å². The molecule has 4 amide bonds. The van der Waals surface area contributed by atoms with Crippen molar-refractivity contribution in [3.05, 3.63) is 130 Å². The summed E-state index contributed by atoms with van der Waals surface area (Å²) in [6, 6.07) is 25.1. The Morgan fingerprint density at radius 3 is 2.24 bits per heavy atom. The fourth-order valence-electron chi connectivity index (χ4n) is 4.50. The van der Waals surface area contributed by atoms with Crippen LogP contribution in [0.15, 0.2) is 112 Å². The van der Waals surface area contributed by atoms with Crippen LogP contribution in [0, 0.1) is 5.82 Å². The Hall–Kier alpha value is -4.87. The van der Waals surface area contributed by atoms with Gasteiger partial charge in [0.15, 0.2) is 5.78 Å². The van der Waals surface area contributed by atoms with E-state index in [1.807, 2.05) is 0 Å². The van der Waals surface area contributed by atoms with E-state index >= 15 is 0 Å². The van der Waals surface area contributed by atoms with Crippen molar-refractivity contribution in [3.8, 4) is 0 Å². The summed E-state index contributed by atoms with van der Waals surface area (Å²) in [7, 11) is 0. The number of anilines is 2. The normalized spacial score (nSPS) is 14.8. The number of carbonyl (C=O) groups is 5. The lowest BCUT2D eigenvalue weighted by atomic mass is 10.1. The molecule has 0 aliphatic carbocycles. The van der Waals surface area contributed by atoms with E-state index in [9.17, 15) is 28.4 Å². The summed E-state index contributed by atoms with van der Waals surface area (Å²) >= 11 is 4.57. The van der Waals surface area contributed by atoms with E-state index in [0.29, 0.717) is 27.4 Å². The monoisotopic (exact) mass is 685 g/mol. The van der Waals surface area contributed by atoms with Gasteiger partial charge in [-0.15, -0.1) is 11.8 Å². The quantitative estimate of drug-likeness (QED) is 0.116. The molecule has 1 aliphatic heterocycles. The first-order valence-electron chi connectivity index (χ1n) is 13.7. The molecule has 1 aliphatic rings. The summed E-state index contributed by atoms with van der Waals surface area (Å²) < 4.78 is 14.2. The standard InChI is InChI=1S/C34H25BrFN3O5S/c1-20(40)22-9-15-27(16-10-22)39-31(41)19-30(34(39)44)45-28-4-2-3-26(18-28)37-33(43)29(17-21-5-11-24(35)12-6-21)38-32(42)23-7-13-25(36)14-8-23/h2-18,30H,19H2,1H3,(H,37,43)(H,38,42)/b29-17-/t30-/m1/s1. The van der Waals surface area contributed by atoms with Crippen molar-refractivity contribution in [2.24, 2.45) is 0 Å². The predicted molar refractivity (Wildman–Crippen MR) is 174 cm³/mol. The highest BCUT2D eigenvalue weighted by Gasteiger charge is 2.40. The van der Waals surface area contributed by atoms with Crippen molar-refractivity contribution in [3.63, 3.8) is 0 Å². The number of ketones is 1. The zero-order valence-corrected chi connectivity index (χ0v) is 26.2. The molecule has 0 radical (unpaired) electrons. The Morgan fingerprint density at radius 1 is 0.911 bits per heavy atom. The Morgan fingerprint density at radius 2 is 1.58 bits per heavy atom. The van der Waals surface area contributed by atoms with Crippen LogP contribution in [-0.2, 0) is 14.4 Å². The van der Waals surface area contributed by atoms with Crippen LogP contribution in [0.1, 0.15) is 39.6 Å². The van der Waals surface area contributed by atoms with Gasteiger partial charge in [0.05, 0.1) is 10.9 Å². The molecule has 0 spiro atoms. The number of hydrogen-bond donors (Lipinski definition) is 2. The molecule has 1 heterocycles. The van der Waals surface area contributed by atoms with E-state index in [-0.39, 0.29) is 35.3 Å². The van der Waals surface area contributed by atoms with Crippen LogP contribution in [-0.4, -0.2) is 34.7 Å². The van der Waals surface area contributed by atoms with Crippen LogP contribution in [0.3, 0.4) is 0 Å². The van der Waals surface area contributed by atoms with Gasteiger partial charge in [-0.2, -0.15) is 0 Å². The van der Waals surface area contributed by atoms with Gasteiger partial charge >= 0.3 is 0 Å². The molecule has 8 nitrogen and oxygen atoms in total. The summed E-state index contributed by atoms with van der Waals surface area (Å²) in [5, 5.41) is 4.71. The average Bonchev–Trinajstić information content (AvgIpc) is 3.30. The number of hydrogen-bond acceptors (Lipinski definition) is 6. The van der Waals surface area contributed by atoms with Crippen molar-refractivity contribution < 1.29 is 28.4 Å².